The highest BCUT2D eigenvalue weighted by Gasteiger charge is 2.10. The highest BCUT2D eigenvalue weighted by atomic mass is 32.1. The molecular formula is C15H13N3O5S. The van der Waals surface area contributed by atoms with Crippen LogP contribution in [-0.2, 0) is 16.1 Å². The predicted molar refractivity (Wildman–Crippen MR) is 84.8 cm³/mol. The van der Waals surface area contributed by atoms with Crippen molar-refractivity contribution in [3.05, 3.63) is 57.8 Å². The molecule has 0 aliphatic rings. The second kappa shape index (κ2) is 7.09. The Kier molecular flexibility index (Phi) is 4.71. The maximum absolute atomic E-state index is 11.8. The van der Waals surface area contributed by atoms with Crippen molar-refractivity contribution in [1.29, 1.82) is 0 Å². The van der Waals surface area contributed by atoms with E-state index in [2.05, 4.69) is 10.3 Å². The molecule has 3 heterocycles. The fourth-order valence-electron chi connectivity index (χ4n) is 1.96. The molecule has 0 radical (unpaired) electrons. The standard InChI is InChI=1S/C15H13N3O5S/c19-12-8-10(17-15-18(12)5-7-24-15)9-23-13(20)3-4-16-14(21)11-2-1-6-22-11/h1-2,5-8H,3-4,9H2,(H,16,21). The van der Waals surface area contributed by atoms with Crippen LogP contribution in [0, 0.1) is 0 Å². The molecule has 3 aromatic heterocycles. The topological polar surface area (TPSA) is 103 Å². The third kappa shape index (κ3) is 3.69. The van der Waals surface area contributed by atoms with Gasteiger partial charge in [0.15, 0.2) is 10.7 Å². The molecule has 1 N–H and O–H groups in total. The molecular weight excluding hydrogens is 334 g/mol. The number of thiazole rings is 1. The molecule has 3 rings (SSSR count). The Morgan fingerprint density at radius 2 is 2.29 bits per heavy atom. The summed E-state index contributed by atoms with van der Waals surface area (Å²) in [6.45, 7) is 0.0347. The minimum Gasteiger partial charge on any atom is -0.459 e. The van der Waals surface area contributed by atoms with Crippen molar-refractivity contribution >= 4 is 28.2 Å². The van der Waals surface area contributed by atoms with E-state index in [9.17, 15) is 14.4 Å². The number of carbonyl (C=O) groups is 2. The van der Waals surface area contributed by atoms with Crippen molar-refractivity contribution in [3.63, 3.8) is 0 Å². The molecule has 0 bridgehead atoms. The van der Waals surface area contributed by atoms with Crippen molar-refractivity contribution in [2.45, 2.75) is 13.0 Å². The number of fused-ring (bicyclic) bond motifs is 1. The lowest BCUT2D eigenvalue weighted by molar-refractivity contribution is -0.144. The van der Waals surface area contributed by atoms with Gasteiger partial charge in [0, 0.05) is 24.2 Å². The highest BCUT2D eigenvalue weighted by molar-refractivity contribution is 7.15. The summed E-state index contributed by atoms with van der Waals surface area (Å²) < 4.78 is 11.4. The van der Waals surface area contributed by atoms with Crippen LogP contribution in [0.4, 0.5) is 0 Å². The normalized spacial score (nSPS) is 10.7. The van der Waals surface area contributed by atoms with Crippen LogP contribution in [0.2, 0.25) is 0 Å². The van der Waals surface area contributed by atoms with Crippen molar-refractivity contribution < 1.29 is 18.7 Å². The van der Waals surface area contributed by atoms with E-state index < -0.39 is 11.9 Å². The van der Waals surface area contributed by atoms with E-state index in [0.29, 0.717) is 10.7 Å². The number of aromatic nitrogens is 2. The first-order valence-corrected chi connectivity index (χ1v) is 7.94. The Morgan fingerprint density at radius 3 is 3.08 bits per heavy atom. The Bertz CT molecular complexity index is 913. The number of nitrogens with one attached hydrogen (secondary N) is 1. The van der Waals surface area contributed by atoms with Crippen LogP contribution in [0.3, 0.4) is 0 Å². The molecule has 0 aliphatic carbocycles. The van der Waals surface area contributed by atoms with Gasteiger partial charge in [0.2, 0.25) is 0 Å². The van der Waals surface area contributed by atoms with Gasteiger partial charge >= 0.3 is 5.97 Å². The zero-order chi connectivity index (χ0) is 16.9. The van der Waals surface area contributed by atoms with E-state index >= 15 is 0 Å². The maximum Gasteiger partial charge on any atom is 0.307 e. The monoisotopic (exact) mass is 347 g/mol. The van der Waals surface area contributed by atoms with Crippen molar-refractivity contribution in [2.24, 2.45) is 0 Å². The number of furan rings is 1. The molecule has 0 atom stereocenters. The first-order chi connectivity index (χ1) is 11.6. The first-order valence-electron chi connectivity index (χ1n) is 7.06. The largest absolute Gasteiger partial charge is 0.459 e. The summed E-state index contributed by atoms with van der Waals surface area (Å²) in [5.41, 5.74) is 0.161. The molecule has 0 saturated carbocycles. The van der Waals surface area contributed by atoms with E-state index in [1.165, 1.54) is 34.1 Å². The van der Waals surface area contributed by atoms with E-state index in [1.807, 2.05) is 0 Å². The van der Waals surface area contributed by atoms with E-state index in [0.717, 1.165) is 0 Å². The summed E-state index contributed by atoms with van der Waals surface area (Å²) in [7, 11) is 0. The maximum atomic E-state index is 11.8. The molecule has 0 spiro atoms. The second-order valence-corrected chi connectivity index (χ2v) is 5.66. The van der Waals surface area contributed by atoms with Gasteiger partial charge in [-0.15, -0.1) is 11.3 Å². The number of carbonyl (C=O) groups excluding carboxylic acids is 2. The fraction of sp³-hybridized carbons (Fsp3) is 0.200. The molecule has 9 heteroatoms. The minimum atomic E-state index is -0.497. The molecule has 0 aliphatic heterocycles. The zero-order valence-electron chi connectivity index (χ0n) is 12.4. The molecule has 0 unspecified atom stereocenters. The lowest BCUT2D eigenvalue weighted by atomic mass is 10.4. The van der Waals surface area contributed by atoms with Crippen LogP contribution >= 0.6 is 11.3 Å². The minimum absolute atomic E-state index is 0.00662. The molecule has 0 saturated heterocycles. The zero-order valence-corrected chi connectivity index (χ0v) is 13.2. The van der Waals surface area contributed by atoms with Crippen LogP contribution < -0.4 is 10.9 Å². The fourth-order valence-corrected chi connectivity index (χ4v) is 2.70. The quantitative estimate of drug-likeness (QED) is 0.672. The number of amides is 1. The average Bonchev–Trinajstić information content (AvgIpc) is 3.24. The molecule has 124 valence electrons. The molecule has 1 amide bonds. The second-order valence-electron chi connectivity index (χ2n) is 4.79. The van der Waals surface area contributed by atoms with Gasteiger partial charge in [0.25, 0.3) is 11.5 Å². The van der Waals surface area contributed by atoms with Crippen LogP contribution in [0.15, 0.2) is 45.3 Å². The molecule has 3 aromatic rings. The summed E-state index contributed by atoms with van der Waals surface area (Å²) in [5.74, 6) is -0.717. The summed E-state index contributed by atoms with van der Waals surface area (Å²) in [6, 6.07) is 4.45. The van der Waals surface area contributed by atoms with Gasteiger partial charge in [-0.1, -0.05) is 0 Å². The van der Waals surface area contributed by atoms with Gasteiger partial charge in [-0.25, -0.2) is 4.98 Å². The number of nitrogens with zero attached hydrogens (tertiary/aromatic N) is 2. The summed E-state index contributed by atoms with van der Waals surface area (Å²) in [4.78, 5) is 39.8. The molecule has 24 heavy (non-hydrogen) atoms. The lowest BCUT2D eigenvalue weighted by Gasteiger charge is -2.05. The van der Waals surface area contributed by atoms with Crippen molar-refractivity contribution in [3.8, 4) is 0 Å². The number of rotatable bonds is 6. The number of esters is 1. The van der Waals surface area contributed by atoms with Gasteiger partial charge in [-0.3, -0.25) is 18.8 Å². The van der Waals surface area contributed by atoms with Crippen LogP contribution in [0.5, 0.6) is 0 Å². The number of hydrogen-bond donors (Lipinski definition) is 1. The molecule has 0 fully saturated rings. The Morgan fingerprint density at radius 1 is 1.42 bits per heavy atom. The number of hydrogen-bond acceptors (Lipinski definition) is 7. The summed E-state index contributed by atoms with van der Waals surface area (Å²) >= 11 is 1.32. The Hall–Kier alpha value is -2.94. The Balaban J connectivity index is 1.46. The van der Waals surface area contributed by atoms with Crippen LogP contribution in [0.25, 0.3) is 4.96 Å². The van der Waals surface area contributed by atoms with Crippen LogP contribution in [0.1, 0.15) is 22.7 Å². The van der Waals surface area contributed by atoms with Crippen molar-refractivity contribution in [1.82, 2.24) is 14.7 Å². The van der Waals surface area contributed by atoms with Gasteiger partial charge < -0.3 is 14.5 Å². The third-order valence-electron chi connectivity index (χ3n) is 3.10. The van der Waals surface area contributed by atoms with Gasteiger partial charge in [-0.2, -0.15) is 0 Å². The first kappa shape index (κ1) is 15.9. The molecule has 0 aromatic carbocycles. The van der Waals surface area contributed by atoms with Crippen LogP contribution in [-0.4, -0.2) is 27.8 Å². The Labute approximate surface area is 139 Å². The van der Waals surface area contributed by atoms with E-state index in [1.54, 1.807) is 17.6 Å². The van der Waals surface area contributed by atoms with E-state index in [-0.39, 0.29) is 30.9 Å². The van der Waals surface area contributed by atoms with Gasteiger partial charge in [0.1, 0.15) is 6.61 Å². The average molecular weight is 347 g/mol. The lowest BCUT2D eigenvalue weighted by Crippen LogP contribution is -2.26. The van der Waals surface area contributed by atoms with Crippen molar-refractivity contribution in [2.75, 3.05) is 6.54 Å². The predicted octanol–water partition coefficient (Wildman–Crippen LogP) is 1.21. The summed E-state index contributed by atoms with van der Waals surface area (Å²) in [5, 5.41) is 4.29. The SMILES string of the molecule is O=C(CCNC(=O)c1ccco1)OCc1cc(=O)n2ccsc2n1. The number of ether oxygens (including phenoxy) is 1. The third-order valence-corrected chi connectivity index (χ3v) is 3.85. The van der Waals surface area contributed by atoms with Gasteiger partial charge in [-0.05, 0) is 12.1 Å². The smallest absolute Gasteiger partial charge is 0.307 e. The molecule has 8 nitrogen and oxygen atoms in total. The highest BCUT2D eigenvalue weighted by Crippen LogP contribution is 2.07. The van der Waals surface area contributed by atoms with E-state index in [4.69, 9.17) is 9.15 Å². The van der Waals surface area contributed by atoms with Gasteiger partial charge in [0.05, 0.1) is 18.4 Å². The summed E-state index contributed by atoms with van der Waals surface area (Å²) in [6.07, 6.45) is 3.03.